The normalized spacial score (nSPS) is 11.2. The number of carbonyl (C=O) groups is 2. The van der Waals surface area contributed by atoms with Gasteiger partial charge in [0, 0.05) is 0 Å². The molecule has 1 heterocycles. The SMILES string of the molecule is COC(=O)c1c(SC)[nH]c(S(=O)(=O)c2ccc(C)cc2)c1C(=O)OC. The van der Waals surface area contributed by atoms with Gasteiger partial charge in [-0.05, 0) is 25.3 Å². The van der Waals surface area contributed by atoms with Crippen LogP contribution in [0.2, 0.25) is 0 Å². The van der Waals surface area contributed by atoms with Crippen molar-refractivity contribution in [3.8, 4) is 0 Å². The van der Waals surface area contributed by atoms with E-state index in [4.69, 9.17) is 0 Å². The predicted octanol–water partition coefficient (Wildman–Crippen LogP) is 2.45. The van der Waals surface area contributed by atoms with Gasteiger partial charge in [0.2, 0.25) is 9.84 Å². The summed E-state index contributed by atoms with van der Waals surface area (Å²) in [7, 11) is -1.82. The van der Waals surface area contributed by atoms with E-state index >= 15 is 0 Å². The van der Waals surface area contributed by atoms with Crippen molar-refractivity contribution >= 4 is 33.5 Å². The zero-order valence-electron chi connectivity index (χ0n) is 14.1. The molecule has 9 heteroatoms. The molecule has 0 aliphatic heterocycles. The molecular formula is C16H17NO6S2. The Bertz CT molecular complexity index is 913. The van der Waals surface area contributed by atoms with Crippen molar-refractivity contribution in [2.45, 2.75) is 21.9 Å². The minimum absolute atomic E-state index is 0.00595. The first kappa shape index (κ1) is 19.1. The summed E-state index contributed by atoms with van der Waals surface area (Å²) < 4.78 is 35.3. The lowest BCUT2D eigenvalue weighted by molar-refractivity contribution is 0.0551. The van der Waals surface area contributed by atoms with Gasteiger partial charge in [0.05, 0.1) is 24.1 Å². The maximum atomic E-state index is 13.0. The van der Waals surface area contributed by atoms with Gasteiger partial charge in [-0.1, -0.05) is 17.7 Å². The number of benzene rings is 1. The third-order valence-corrected chi connectivity index (χ3v) is 5.97. The van der Waals surface area contributed by atoms with Gasteiger partial charge in [0.15, 0.2) is 5.03 Å². The van der Waals surface area contributed by atoms with E-state index in [0.29, 0.717) is 0 Å². The van der Waals surface area contributed by atoms with Gasteiger partial charge in [0.25, 0.3) is 0 Å². The fourth-order valence-corrected chi connectivity index (χ4v) is 4.32. The van der Waals surface area contributed by atoms with Gasteiger partial charge in [-0.3, -0.25) is 0 Å². The number of esters is 2. The van der Waals surface area contributed by atoms with E-state index < -0.39 is 26.8 Å². The first-order valence-electron chi connectivity index (χ1n) is 7.06. The van der Waals surface area contributed by atoms with Crippen LogP contribution >= 0.6 is 11.8 Å². The summed E-state index contributed by atoms with van der Waals surface area (Å²) >= 11 is 1.09. The van der Waals surface area contributed by atoms with Crippen LogP contribution in [-0.2, 0) is 19.3 Å². The lowest BCUT2D eigenvalue weighted by atomic mass is 10.2. The molecule has 7 nitrogen and oxygen atoms in total. The standard InChI is InChI=1S/C16H17NO6S2/c1-9-5-7-10(8-6-9)25(20,21)14-12(16(19)23-3)11(15(18)22-2)13(17-14)24-4/h5-8,17H,1-4H3. The Labute approximate surface area is 149 Å². The minimum Gasteiger partial charge on any atom is -0.465 e. The highest BCUT2D eigenvalue weighted by Crippen LogP contribution is 2.33. The molecule has 0 radical (unpaired) electrons. The zero-order chi connectivity index (χ0) is 18.8. The van der Waals surface area contributed by atoms with Crippen LogP contribution in [0.4, 0.5) is 0 Å². The second-order valence-corrected chi connectivity index (χ2v) is 7.74. The molecule has 0 saturated heterocycles. The van der Waals surface area contributed by atoms with Crippen LogP contribution in [0.5, 0.6) is 0 Å². The number of H-pyrrole nitrogens is 1. The predicted molar refractivity (Wildman–Crippen MR) is 91.9 cm³/mol. The number of hydrogen-bond acceptors (Lipinski definition) is 7. The molecule has 0 aliphatic carbocycles. The summed E-state index contributed by atoms with van der Waals surface area (Å²) in [6, 6.07) is 6.15. The quantitative estimate of drug-likeness (QED) is 0.625. The molecule has 134 valence electrons. The third kappa shape index (κ3) is 3.42. The van der Waals surface area contributed by atoms with Crippen molar-refractivity contribution in [2.24, 2.45) is 0 Å². The number of methoxy groups -OCH3 is 2. The summed E-state index contributed by atoms with van der Waals surface area (Å²) in [6.07, 6.45) is 1.64. The second kappa shape index (κ2) is 7.32. The summed E-state index contributed by atoms with van der Waals surface area (Å²) in [5, 5.41) is -0.189. The first-order valence-corrected chi connectivity index (χ1v) is 9.77. The van der Waals surface area contributed by atoms with Gasteiger partial charge in [-0.15, -0.1) is 11.8 Å². The Balaban J connectivity index is 2.80. The van der Waals surface area contributed by atoms with Crippen molar-refractivity contribution in [3.63, 3.8) is 0 Å². The molecular weight excluding hydrogens is 366 g/mol. The smallest absolute Gasteiger partial charge is 0.341 e. The Kier molecular flexibility index (Phi) is 5.58. The van der Waals surface area contributed by atoms with Crippen LogP contribution in [0.1, 0.15) is 26.3 Å². The molecule has 2 aromatic rings. The molecule has 1 aromatic heterocycles. The van der Waals surface area contributed by atoms with E-state index in [9.17, 15) is 18.0 Å². The molecule has 0 bridgehead atoms. The molecule has 0 unspecified atom stereocenters. The van der Waals surface area contributed by atoms with Gasteiger partial charge >= 0.3 is 11.9 Å². The lowest BCUT2D eigenvalue weighted by Gasteiger charge is -2.07. The molecule has 0 spiro atoms. The molecule has 0 amide bonds. The topological polar surface area (TPSA) is 103 Å². The number of hydrogen-bond donors (Lipinski definition) is 1. The highest BCUT2D eigenvalue weighted by molar-refractivity contribution is 7.98. The number of sulfone groups is 1. The molecule has 1 N–H and O–H groups in total. The van der Waals surface area contributed by atoms with Gasteiger partial charge < -0.3 is 14.5 Å². The summed E-state index contributed by atoms with van der Waals surface area (Å²) in [5.74, 6) is -1.77. The number of nitrogens with one attached hydrogen (secondary N) is 1. The van der Waals surface area contributed by atoms with Crippen LogP contribution in [0.25, 0.3) is 0 Å². The highest BCUT2D eigenvalue weighted by Gasteiger charge is 2.35. The van der Waals surface area contributed by atoms with Crippen LogP contribution < -0.4 is 0 Å². The van der Waals surface area contributed by atoms with Crippen LogP contribution in [0.15, 0.2) is 39.2 Å². The Morgan fingerprint density at radius 3 is 2.00 bits per heavy atom. The average Bonchev–Trinajstić information content (AvgIpc) is 3.01. The summed E-state index contributed by atoms with van der Waals surface area (Å²) in [5.41, 5.74) is 0.366. The largest absolute Gasteiger partial charge is 0.465 e. The Morgan fingerprint density at radius 1 is 1.00 bits per heavy atom. The minimum atomic E-state index is -4.07. The molecule has 25 heavy (non-hydrogen) atoms. The van der Waals surface area contributed by atoms with E-state index in [1.165, 1.54) is 12.1 Å². The number of aromatic amines is 1. The van der Waals surface area contributed by atoms with Crippen LogP contribution in [0, 0.1) is 6.92 Å². The summed E-state index contributed by atoms with van der Waals surface area (Å²) in [4.78, 5) is 27.0. The fraction of sp³-hybridized carbons (Fsp3) is 0.250. The van der Waals surface area contributed by atoms with Gasteiger partial charge in [-0.2, -0.15) is 0 Å². The Hall–Kier alpha value is -2.26. The van der Waals surface area contributed by atoms with E-state index in [1.807, 2.05) is 6.92 Å². The molecule has 2 rings (SSSR count). The van der Waals surface area contributed by atoms with Crippen molar-refractivity contribution in [3.05, 3.63) is 41.0 Å². The second-order valence-electron chi connectivity index (χ2n) is 5.04. The third-order valence-electron chi connectivity index (χ3n) is 3.51. The monoisotopic (exact) mass is 383 g/mol. The number of aromatic nitrogens is 1. The number of ether oxygens (including phenoxy) is 2. The summed E-state index contributed by atoms with van der Waals surface area (Å²) in [6.45, 7) is 1.83. The van der Waals surface area contributed by atoms with Gasteiger partial charge in [0.1, 0.15) is 11.1 Å². The Morgan fingerprint density at radius 2 is 1.52 bits per heavy atom. The number of rotatable bonds is 5. The van der Waals surface area contributed by atoms with Crippen molar-refractivity contribution in [1.82, 2.24) is 4.98 Å². The van der Waals surface area contributed by atoms with Crippen molar-refractivity contribution < 1.29 is 27.5 Å². The fourth-order valence-electron chi connectivity index (χ4n) is 2.24. The molecule has 0 atom stereocenters. The van der Waals surface area contributed by atoms with Gasteiger partial charge in [-0.25, -0.2) is 18.0 Å². The van der Waals surface area contributed by atoms with E-state index in [2.05, 4.69) is 14.5 Å². The van der Waals surface area contributed by atoms with E-state index in [0.717, 1.165) is 31.5 Å². The number of carbonyl (C=O) groups excluding carboxylic acids is 2. The molecule has 1 aromatic carbocycles. The molecule has 0 aliphatic rings. The van der Waals surface area contributed by atoms with Crippen molar-refractivity contribution in [1.29, 1.82) is 0 Å². The maximum absolute atomic E-state index is 13.0. The van der Waals surface area contributed by atoms with Crippen LogP contribution in [-0.4, -0.2) is 45.8 Å². The first-order chi connectivity index (χ1) is 11.8. The number of thioether (sulfide) groups is 1. The van der Waals surface area contributed by atoms with Crippen LogP contribution in [0.3, 0.4) is 0 Å². The van der Waals surface area contributed by atoms with E-state index in [1.54, 1.807) is 18.4 Å². The van der Waals surface area contributed by atoms with E-state index in [-0.39, 0.29) is 21.0 Å². The molecule has 0 fully saturated rings. The molecule has 0 saturated carbocycles. The maximum Gasteiger partial charge on any atom is 0.341 e. The highest BCUT2D eigenvalue weighted by atomic mass is 32.2. The zero-order valence-corrected chi connectivity index (χ0v) is 15.7. The average molecular weight is 383 g/mol. The van der Waals surface area contributed by atoms with Crippen molar-refractivity contribution in [2.75, 3.05) is 20.5 Å². The lowest BCUT2D eigenvalue weighted by Crippen LogP contribution is -2.14. The number of aryl methyl sites for hydroxylation is 1.